The summed E-state index contributed by atoms with van der Waals surface area (Å²) in [6.45, 7) is 1.53. The van der Waals surface area contributed by atoms with E-state index in [9.17, 15) is 14.7 Å². The number of aliphatic hydroxyl groups is 1. The molecule has 0 saturated carbocycles. The van der Waals surface area contributed by atoms with Gasteiger partial charge in [0, 0.05) is 36.6 Å². The van der Waals surface area contributed by atoms with E-state index in [2.05, 4.69) is 10.6 Å². The number of benzene rings is 2. The van der Waals surface area contributed by atoms with Crippen LogP contribution in [0.3, 0.4) is 0 Å². The van der Waals surface area contributed by atoms with Gasteiger partial charge in [0.05, 0.1) is 44.4 Å². The average molecular weight is 525 g/mol. The molecule has 0 radical (unpaired) electrons. The minimum absolute atomic E-state index is 0.0439. The lowest BCUT2D eigenvalue weighted by Gasteiger charge is -2.40. The average Bonchev–Trinajstić information content (AvgIpc) is 3.37. The first kappa shape index (κ1) is 25.0. The third-order valence-corrected chi connectivity index (χ3v) is 7.68. The minimum atomic E-state index is -0.731. The van der Waals surface area contributed by atoms with Crippen molar-refractivity contribution in [3.05, 3.63) is 47.5 Å². The minimum Gasteiger partial charge on any atom is -0.490 e. The Hall–Kier alpha value is -3.34. The van der Waals surface area contributed by atoms with Crippen LogP contribution in [0.15, 0.2) is 36.4 Å². The number of amides is 2. The second-order valence-electron chi connectivity index (χ2n) is 10.2. The second kappa shape index (κ2) is 10.8. The maximum absolute atomic E-state index is 13.2. The van der Waals surface area contributed by atoms with E-state index in [1.165, 1.54) is 0 Å². The molecule has 10 heteroatoms. The number of hydrogen-bond donors (Lipinski definition) is 3. The second-order valence-corrected chi connectivity index (χ2v) is 10.2. The number of carbonyl (C=O) groups is 2. The van der Waals surface area contributed by atoms with Crippen molar-refractivity contribution in [2.45, 2.75) is 56.5 Å². The molecule has 202 valence electrons. The quantitative estimate of drug-likeness (QED) is 0.505. The largest absolute Gasteiger partial charge is 0.490 e. The van der Waals surface area contributed by atoms with Gasteiger partial charge in [-0.1, -0.05) is 6.07 Å². The van der Waals surface area contributed by atoms with Crippen LogP contribution in [0.25, 0.3) is 0 Å². The topological polar surface area (TPSA) is 125 Å². The first-order valence-electron chi connectivity index (χ1n) is 13.2. The Morgan fingerprint density at radius 3 is 2.79 bits per heavy atom. The number of fused-ring (bicyclic) bond motifs is 5. The van der Waals surface area contributed by atoms with Gasteiger partial charge in [-0.3, -0.25) is 9.59 Å². The number of anilines is 1. The molecule has 4 aliphatic rings. The van der Waals surface area contributed by atoms with Crippen LogP contribution < -0.4 is 24.8 Å². The van der Waals surface area contributed by atoms with E-state index in [1.54, 1.807) is 0 Å². The Bertz CT molecular complexity index is 1200. The number of carbonyl (C=O) groups excluding carboxylic acids is 2. The van der Waals surface area contributed by atoms with Gasteiger partial charge in [0.1, 0.15) is 11.9 Å². The monoisotopic (exact) mass is 524 g/mol. The Kier molecular flexibility index (Phi) is 7.10. The predicted octanol–water partition coefficient (Wildman–Crippen LogP) is 2.48. The van der Waals surface area contributed by atoms with Crippen LogP contribution in [0.5, 0.6) is 17.2 Å². The lowest BCUT2D eigenvalue weighted by Crippen LogP contribution is -2.48. The van der Waals surface area contributed by atoms with Gasteiger partial charge in [-0.25, -0.2) is 0 Å². The normalized spacial score (nSPS) is 26.2. The molecule has 0 aliphatic carbocycles. The lowest BCUT2D eigenvalue weighted by atomic mass is 9.76. The van der Waals surface area contributed by atoms with Crippen molar-refractivity contribution in [2.75, 3.05) is 31.9 Å². The fraction of sp³-hybridized carbons (Fsp3) is 0.500. The summed E-state index contributed by atoms with van der Waals surface area (Å²) in [7, 11) is 0. The molecule has 6 rings (SSSR count). The van der Waals surface area contributed by atoms with Gasteiger partial charge >= 0.3 is 0 Å². The zero-order valence-electron chi connectivity index (χ0n) is 21.0. The van der Waals surface area contributed by atoms with Crippen LogP contribution in [0.4, 0.5) is 5.69 Å². The molecule has 0 aromatic heterocycles. The summed E-state index contributed by atoms with van der Waals surface area (Å²) < 4.78 is 28.7. The highest BCUT2D eigenvalue weighted by molar-refractivity contribution is 5.95. The maximum atomic E-state index is 13.2. The van der Waals surface area contributed by atoms with Crippen LogP contribution in [0, 0.1) is 5.92 Å². The van der Waals surface area contributed by atoms with E-state index in [0.717, 1.165) is 29.7 Å². The zero-order chi connectivity index (χ0) is 26.1. The standard InChI is InChI=1S/C28H32N2O8/c31-14-25-27-21(20-10-17(30-28(27)33)2-4-22(20)37-18-5-7-34-8-6-18)11-19(38-25)12-26(32)29-13-16-1-3-23-24(9-16)36-15-35-23/h1-4,9-10,18-19,21,25,27,31H,5-8,11-15H2,(H,29,32)(H,30,33)/t19-,21-,25+,27+/m1/s1. The van der Waals surface area contributed by atoms with Crippen LogP contribution in [-0.4, -0.2) is 61.8 Å². The fourth-order valence-electron chi connectivity index (χ4n) is 5.79. The van der Waals surface area contributed by atoms with Gasteiger partial charge in [0.15, 0.2) is 11.5 Å². The highest BCUT2D eigenvalue weighted by Crippen LogP contribution is 2.46. The number of aliphatic hydroxyl groups excluding tert-OH is 1. The molecule has 4 heterocycles. The van der Waals surface area contributed by atoms with Crippen molar-refractivity contribution >= 4 is 17.5 Å². The SMILES string of the molecule is O=C(C[C@H]1C[C@@H]2c3cc(ccc3OC3CCOCC3)NC(=O)[C@@H]2[C@H](CO)O1)NCc1ccc2c(c1)OCO2. The van der Waals surface area contributed by atoms with Gasteiger partial charge in [-0.05, 0) is 42.3 Å². The smallest absolute Gasteiger partial charge is 0.231 e. The van der Waals surface area contributed by atoms with Crippen molar-refractivity contribution in [2.24, 2.45) is 5.92 Å². The van der Waals surface area contributed by atoms with Crippen molar-refractivity contribution in [1.82, 2.24) is 5.32 Å². The van der Waals surface area contributed by atoms with Crippen molar-refractivity contribution in [3.8, 4) is 17.2 Å². The van der Waals surface area contributed by atoms with Crippen LogP contribution >= 0.6 is 0 Å². The molecule has 0 unspecified atom stereocenters. The molecule has 2 bridgehead atoms. The molecule has 2 aromatic rings. The van der Waals surface area contributed by atoms with Gasteiger partial charge < -0.3 is 39.4 Å². The third-order valence-electron chi connectivity index (χ3n) is 7.68. The van der Waals surface area contributed by atoms with Crippen molar-refractivity contribution < 1.29 is 38.4 Å². The molecule has 4 atom stereocenters. The molecular weight excluding hydrogens is 492 g/mol. The molecule has 2 aromatic carbocycles. The number of ether oxygens (including phenoxy) is 5. The van der Waals surface area contributed by atoms with Crippen LogP contribution in [-0.2, 0) is 25.6 Å². The predicted molar refractivity (Wildman–Crippen MR) is 135 cm³/mol. The third kappa shape index (κ3) is 5.16. The lowest BCUT2D eigenvalue weighted by molar-refractivity contribution is -0.148. The molecule has 10 nitrogen and oxygen atoms in total. The first-order chi connectivity index (χ1) is 18.6. The van der Waals surface area contributed by atoms with E-state index < -0.39 is 18.1 Å². The number of nitrogens with one attached hydrogen (secondary N) is 2. The summed E-state index contributed by atoms with van der Waals surface area (Å²) in [6, 6.07) is 11.2. The van der Waals surface area contributed by atoms with Crippen LogP contribution in [0.2, 0.25) is 0 Å². The highest BCUT2D eigenvalue weighted by Gasteiger charge is 2.46. The molecule has 38 heavy (non-hydrogen) atoms. The molecule has 2 fully saturated rings. The summed E-state index contributed by atoms with van der Waals surface area (Å²) in [4.78, 5) is 26.1. The molecule has 4 aliphatic heterocycles. The van der Waals surface area contributed by atoms with Gasteiger partial charge in [0.25, 0.3) is 0 Å². The Balaban J connectivity index is 1.16. The number of hydrogen-bond acceptors (Lipinski definition) is 8. The van der Waals surface area contributed by atoms with Gasteiger partial charge in [-0.2, -0.15) is 0 Å². The van der Waals surface area contributed by atoms with E-state index >= 15 is 0 Å². The van der Waals surface area contributed by atoms with E-state index in [4.69, 9.17) is 23.7 Å². The maximum Gasteiger partial charge on any atom is 0.231 e. The Morgan fingerprint density at radius 2 is 1.95 bits per heavy atom. The van der Waals surface area contributed by atoms with E-state index in [0.29, 0.717) is 43.4 Å². The summed E-state index contributed by atoms with van der Waals surface area (Å²) >= 11 is 0. The fourth-order valence-corrected chi connectivity index (χ4v) is 5.79. The van der Waals surface area contributed by atoms with Crippen molar-refractivity contribution in [1.29, 1.82) is 0 Å². The molecular formula is C28H32N2O8. The van der Waals surface area contributed by atoms with Crippen molar-refractivity contribution in [3.63, 3.8) is 0 Å². The summed E-state index contributed by atoms with van der Waals surface area (Å²) in [5, 5.41) is 16.1. The summed E-state index contributed by atoms with van der Waals surface area (Å²) in [6.07, 6.45) is 1.03. The van der Waals surface area contributed by atoms with E-state index in [-0.39, 0.29) is 43.7 Å². The number of rotatable bonds is 7. The van der Waals surface area contributed by atoms with Gasteiger partial charge in [-0.15, -0.1) is 0 Å². The van der Waals surface area contributed by atoms with Crippen LogP contribution in [0.1, 0.15) is 42.7 Å². The van der Waals surface area contributed by atoms with Gasteiger partial charge in [0.2, 0.25) is 18.6 Å². The highest BCUT2D eigenvalue weighted by atomic mass is 16.7. The molecule has 3 N–H and O–H groups in total. The molecule has 2 amide bonds. The molecule has 2 saturated heterocycles. The van der Waals surface area contributed by atoms with E-state index in [1.807, 2.05) is 36.4 Å². The zero-order valence-corrected chi connectivity index (χ0v) is 21.0. The molecule has 0 spiro atoms. The Labute approximate surface area is 220 Å². The summed E-state index contributed by atoms with van der Waals surface area (Å²) in [5.41, 5.74) is 2.49. The Morgan fingerprint density at radius 1 is 1.11 bits per heavy atom. The first-order valence-corrected chi connectivity index (χ1v) is 13.2. The summed E-state index contributed by atoms with van der Waals surface area (Å²) in [5.74, 6) is 0.867.